The standard InChI is InChI=1S/C8H4F3NO2/c9-6-3-5(14-8(10)11)1-2-7(6)12-4-13/h1-3,8H. The summed E-state index contributed by atoms with van der Waals surface area (Å²) in [6.45, 7) is -3.02. The molecule has 1 aromatic rings. The van der Waals surface area contributed by atoms with Gasteiger partial charge in [-0.3, -0.25) is 0 Å². The van der Waals surface area contributed by atoms with Gasteiger partial charge in [-0.25, -0.2) is 9.18 Å². The smallest absolute Gasteiger partial charge is 0.387 e. The summed E-state index contributed by atoms with van der Waals surface area (Å²) < 4.78 is 40.1. The highest BCUT2D eigenvalue weighted by molar-refractivity contribution is 5.51. The molecule has 0 unspecified atom stereocenters. The monoisotopic (exact) mass is 203 g/mol. The number of ether oxygens (including phenoxy) is 1. The van der Waals surface area contributed by atoms with Gasteiger partial charge in [0, 0.05) is 6.07 Å². The van der Waals surface area contributed by atoms with E-state index in [1.54, 1.807) is 0 Å². The number of alkyl halides is 2. The van der Waals surface area contributed by atoms with E-state index >= 15 is 0 Å². The maximum atomic E-state index is 12.9. The minimum absolute atomic E-state index is 0.276. The van der Waals surface area contributed by atoms with Crippen LogP contribution >= 0.6 is 0 Å². The first-order valence-electron chi connectivity index (χ1n) is 3.45. The van der Waals surface area contributed by atoms with Crippen molar-refractivity contribution < 1.29 is 22.7 Å². The van der Waals surface area contributed by atoms with Crippen molar-refractivity contribution in [3.63, 3.8) is 0 Å². The van der Waals surface area contributed by atoms with Crippen LogP contribution < -0.4 is 4.74 Å². The molecule has 6 heteroatoms. The molecule has 0 aliphatic carbocycles. The summed E-state index contributed by atoms with van der Waals surface area (Å²) in [6.07, 6.45) is 1.13. The number of rotatable bonds is 3. The Balaban J connectivity index is 2.94. The second-order valence-electron chi connectivity index (χ2n) is 2.19. The molecular formula is C8H4F3NO2. The molecule has 0 bridgehead atoms. The molecule has 1 aromatic carbocycles. The van der Waals surface area contributed by atoms with Gasteiger partial charge in [-0.2, -0.15) is 13.8 Å². The lowest BCUT2D eigenvalue weighted by molar-refractivity contribution is -0.0499. The van der Waals surface area contributed by atoms with Crippen LogP contribution in [0, 0.1) is 5.82 Å². The van der Waals surface area contributed by atoms with E-state index in [1.165, 1.54) is 0 Å². The highest BCUT2D eigenvalue weighted by Gasteiger charge is 2.07. The number of hydrogen-bond donors (Lipinski definition) is 0. The average molecular weight is 203 g/mol. The largest absolute Gasteiger partial charge is 0.435 e. The molecule has 0 saturated carbocycles. The molecule has 14 heavy (non-hydrogen) atoms. The molecule has 0 aliphatic heterocycles. The highest BCUT2D eigenvalue weighted by atomic mass is 19.3. The molecule has 0 amide bonds. The number of aliphatic imine (C=N–C) groups is 1. The van der Waals surface area contributed by atoms with Crippen molar-refractivity contribution in [2.75, 3.05) is 0 Å². The fourth-order valence-corrected chi connectivity index (χ4v) is 0.804. The Bertz CT molecular complexity index is 375. The van der Waals surface area contributed by atoms with Crippen LogP contribution in [0.1, 0.15) is 0 Å². The van der Waals surface area contributed by atoms with Crippen LogP contribution in [0.15, 0.2) is 23.2 Å². The summed E-state index contributed by atoms with van der Waals surface area (Å²) in [6, 6.07) is 2.83. The van der Waals surface area contributed by atoms with E-state index in [9.17, 15) is 18.0 Å². The first-order chi connectivity index (χ1) is 6.63. The summed E-state index contributed by atoms with van der Waals surface area (Å²) in [5, 5.41) is 0. The van der Waals surface area contributed by atoms with E-state index in [-0.39, 0.29) is 11.4 Å². The second-order valence-corrected chi connectivity index (χ2v) is 2.19. The van der Waals surface area contributed by atoms with Gasteiger partial charge in [0.05, 0.1) is 0 Å². The van der Waals surface area contributed by atoms with Crippen molar-refractivity contribution in [2.45, 2.75) is 6.61 Å². The first-order valence-corrected chi connectivity index (χ1v) is 3.45. The lowest BCUT2D eigenvalue weighted by Gasteiger charge is -2.04. The Morgan fingerprint density at radius 1 is 1.43 bits per heavy atom. The topological polar surface area (TPSA) is 38.7 Å². The van der Waals surface area contributed by atoms with Gasteiger partial charge in [-0.1, -0.05) is 0 Å². The van der Waals surface area contributed by atoms with Gasteiger partial charge in [-0.05, 0) is 12.1 Å². The molecule has 74 valence electrons. The van der Waals surface area contributed by atoms with E-state index in [4.69, 9.17) is 0 Å². The third-order valence-electron chi connectivity index (χ3n) is 1.31. The maximum Gasteiger partial charge on any atom is 0.387 e. The molecule has 3 nitrogen and oxygen atoms in total. The predicted octanol–water partition coefficient (Wildman–Crippen LogP) is 2.39. The molecule has 0 aliphatic rings. The quantitative estimate of drug-likeness (QED) is 0.558. The Labute approximate surface area is 76.8 Å². The fourth-order valence-electron chi connectivity index (χ4n) is 0.804. The number of isocyanates is 1. The van der Waals surface area contributed by atoms with Gasteiger partial charge in [0.1, 0.15) is 11.4 Å². The van der Waals surface area contributed by atoms with Gasteiger partial charge in [-0.15, -0.1) is 0 Å². The minimum Gasteiger partial charge on any atom is -0.435 e. The average Bonchev–Trinajstić information content (AvgIpc) is 2.09. The molecule has 0 saturated heterocycles. The van der Waals surface area contributed by atoms with E-state index in [1.807, 2.05) is 0 Å². The third kappa shape index (κ3) is 2.60. The zero-order valence-electron chi connectivity index (χ0n) is 6.71. The lowest BCUT2D eigenvalue weighted by atomic mass is 10.3. The molecule has 0 heterocycles. The van der Waals surface area contributed by atoms with Gasteiger partial charge in [0.15, 0.2) is 5.82 Å². The second kappa shape index (κ2) is 4.43. The number of benzene rings is 1. The Morgan fingerprint density at radius 2 is 2.14 bits per heavy atom. The number of halogens is 3. The van der Waals surface area contributed by atoms with Crippen LogP contribution in [0.3, 0.4) is 0 Å². The van der Waals surface area contributed by atoms with Crippen LogP contribution in [0.4, 0.5) is 18.9 Å². The Kier molecular flexibility index (Phi) is 3.25. The van der Waals surface area contributed by atoms with Crippen molar-refractivity contribution in [2.24, 2.45) is 4.99 Å². The van der Waals surface area contributed by atoms with Crippen molar-refractivity contribution >= 4 is 11.8 Å². The molecule has 0 radical (unpaired) electrons. The van der Waals surface area contributed by atoms with Gasteiger partial charge >= 0.3 is 6.61 Å². The molecule has 0 fully saturated rings. The van der Waals surface area contributed by atoms with Crippen LogP contribution in [-0.2, 0) is 4.79 Å². The molecular weight excluding hydrogens is 199 g/mol. The third-order valence-corrected chi connectivity index (χ3v) is 1.31. The zero-order valence-corrected chi connectivity index (χ0v) is 6.71. The van der Waals surface area contributed by atoms with Gasteiger partial charge < -0.3 is 4.74 Å². The van der Waals surface area contributed by atoms with Crippen molar-refractivity contribution in [1.82, 2.24) is 0 Å². The normalized spacial score (nSPS) is 9.71. The van der Waals surface area contributed by atoms with Crippen molar-refractivity contribution in [1.29, 1.82) is 0 Å². The van der Waals surface area contributed by atoms with Crippen LogP contribution in [0.2, 0.25) is 0 Å². The van der Waals surface area contributed by atoms with Crippen LogP contribution in [-0.4, -0.2) is 12.7 Å². The Hall–Kier alpha value is -1.81. The minimum atomic E-state index is -3.02. The molecule has 0 N–H and O–H groups in total. The first kappa shape index (κ1) is 10.3. The molecule has 0 spiro atoms. The number of hydrogen-bond acceptors (Lipinski definition) is 3. The molecule has 0 atom stereocenters. The van der Waals surface area contributed by atoms with Crippen LogP contribution in [0.5, 0.6) is 5.75 Å². The molecule has 1 rings (SSSR count). The highest BCUT2D eigenvalue weighted by Crippen LogP contribution is 2.23. The van der Waals surface area contributed by atoms with Crippen LogP contribution in [0.25, 0.3) is 0 Å². The van der Waals surface area contributed by atoms with E-state index in [2.05, 4.69) is 9.73 Å². The SMILES string of the molecule is O=C=Nc1ccc(OC(F)F)cc1F. The summed E-state index contributed by atoms with van der Waals surface area (Å²) in [5.74, 6) is -1.26. The zero-order chi connectivity index (χ0) is 10.6. The lowest BCUT2D eigenvalue weighted by Crippen LogP contribution is -2.01. The summed E-state index contributed by atoms with van der Waals surface area (Å²) >= 11 is 0. The van der Waals surface area contributed by atoms with E-state index < -0.39 is 12.4 Å². The summed E-state index contributed by atoms with van der Waals surface area (Å²) in [5.41, 5.74) is -0.276. The van der Waals surface area contributed by atoms with Crippen molar-refractivity contribution in [3.05, 3.63) is 24.0 Å². The van der Waals surface area contributed by atoms with Gasteiger partial charge in [0.2, 0.25) is 6.08 Å². The fraction of sp³-hybridized carbons (Fsp3) is 0.125. The van der Waals surface area contributed by atoms with Gasteiger partial charge in [0.25, 0.3) is 0 Å². The van der Waals surface area contributed by atoms with Crippen molar-refractivity contribution in [3.8, 4) is 5.75 Å². The predicted molar refractivity (Wildman–Crippen MR) is 40.8 cm³/mol. The van der Waals surface area contributed by atoms with E-state index in [0.29, 0.717) is 6.07 Å². The summed E-state index contributed by atoms with van der Waals surface area (Å²) in [4.78, 5) is 12.8. The molecule has 0 aromatic heterocycles. The summed E-state index contributed by atoms with van der Waals surface area (Å²) in [7, 11) is 0. The Morgan fingerprint density at radius 3 is 2.64 bits per heavy atom. The number of carbonyl (C=O) groups excluding carboxylic acids is 1. The number of nitrogens with zero attached hydrogens (tertiary/aromatic N) is 1. The maximum absolute atomic E-state index is 12.9. The van der Waals surface area contributed by atoms with E-state index in [0.717, 1.165) is 18.2 Å².